The fraction of sp³-hybridized carbons (Fsp3) is 0.379. The highest BCUT2D eigenvalue weighted by Crippen LogP contribution is 2.46. The summed E-state index contributed by atoms with van der Waals surface area (Å²) in [6.45, 7) is 5.15. The van der Waals surface area contributed by atoms with Gasteiger partial charge in [0.05, 0.1) is 30.9 Å². The summed E-state index contributed by atoms with van der Waals surface area (Å²) >= 11 is 0. The molecule has 180 valence electrons. The molecule has 35 heavy (non-hydrogen) atoms. The topological polar surface area (TPSA) is 51.9 Å². The van der Waals surface area contributed by atoms with Gasteiger partial charge in [-0.15, -0.1) is 0 Å². The largest absolute Gasteiger partial charge is 0.495 e. The third kappa shape index (κ3) is 4.22. The van der Waals surface area contributed by atoms with E-state index < -0.39 is 0 Å². The van der Waals surface area contributed by atoms with Crippen LogP contribution in [0.4, 0.5) is 0 Å². The molecular formula is C29H32N4O2. The number of aromatic nitrogens is 2. The van der Waals surface area contributed by atoms with Crippen LogP contribution in [0.1, 0.15) is 54.2 Å². The first-order chi connectivity index (χ1) is 17.1. The fourth-order valence-corrected chi connectivity index (χ4v) is 5.42. The molecule has 6 nitrogen and oxygen atoms in total. The number of nitrogens with zero attached hydrogens (tertiary/aromatic N) is 4. The molecule has 1 aromatic heterocycles. The van der Waals surface area contributed by atoms with Crippen LogP contribution in [-0.2, 0) is 4.84 Å². The zero-order valence-electron chi connectivity index (χ0n) is 20.6. The van der Waals surface area contributed by atoms with Crippen molar-refractivity contribution in [3.05, 3.63) is 82.9 Å². The van der Waals surface area contributed by atoms with Crippen molar-refractivity contribution in [2.45, 2.75) is 51.7 Å². The number of amidine groups is 1. The van der Waals surface area contributed by atoms with Gasteiger partial charge in [-0.2, -0.15) is 0 Å². The second kappa shape index (κ2) is 8.91. The Kier molecular flexibility index (Phi) is 5.59. The predicted molar refractivity (Wildman–Crippen MR) is 138 cm³/mol. The number of aryl methyl sites for hydroxylation is 2. The molecule has 0 bridgehead atoms. The van der Waals surface area contributed by atoms with Crippen LogP contribution in [-0.4, -0.2) is 40.0 Å². The number of hydrogen-bond acceptors (Lipinski definition) is 5. The van der Waals surface area contributed by atoms with Crippen LogP contribution in [0.15, 0.2) is 65.7 Å². The summed E-state index contributed by atoms with van der Waals surface area (Å²) in [4.78, 5) is 13.1. The van der Waals surface area contributed by atoms with Gasteiger partial charge in [0.1, 0.15) is 5.75 Å². The fourth-order valence-electron chi connectivity index (χ4n) is 5.42. The third-order valence-electron chi connectivity index (χ3n) is 7.37. The Morgan fingerprint density at radius 3 is 2.63 bits per heavy atom. The Morgan fingerprint density at radius 2 is 1.91 bits per heavy atom. The minimum Gasteiger partial charge on any atom is -0.495 e. The Balaban J connectivity index is 1.32. The number of methoxy groups -OCH3 is 1. The van der Waals surface area contributed by atoms with Crippen molar-refractivity contribution in [1.82, 2.24) is 14.5 Å². The van der Waals surface area contributed by atoms with Gasteiger partial charge in [0, 0.05) is 12.7 Å². The maximum Gasteiger partial charge on any atom is 0.173 e. The van der Waals surface area contributed by atoms with E-state index in [-0.39, 0.29) is 6.10 Å². The van der Waals surface area contributed by atoms with E-state index in [0.717, 1.165) is 47.9 Å². The van der Waals surface area contributed by atoms with E-state index in [1.54, 1.807) is 7.11 Å². The van der Waals surface area contributed by atoms with Crippen LogP contribution in [0.3, 0.4) is 0 Å². The van der Waals surface area contributed by atoms with E-state index in [0.29, 0.717) is 12.0 Å². The van der Waals surface area contributed by atoms with Crippen LogP contribution in [0.2, 0.25) is 0 Å². The van der Waals surface area contributed by atoms with Crippen LogP contribution in [0, 0.1) is 19.8 Å². The van der Waals surface area contributed by atoms with Crippen molar-refractivity contribution in [3.63, 3.8) is 0 Å². The minimum atomic E-state index is -0.00999. The van der Waals surface area contributed by atoms with E-state index in [4.69, 9.17) is 14.7 Å². The SMILES string of the molecule is COc1cc(/C=C2\CCCN3C2=NO[C@H](c2ccc(C)cc2)[C@@H]3C2CC2)ccc1-n1cnc(C)c1. The van der Waals surface area contributed by atoms with Crippen LogP contribution in [0.5, 0.6) is 5.75 Å². The van der Waals surface area contributed by atoms with E-state index in [9.17, 15) is 0 Å². The second-order valence-corrected chi connectivity index (χ2v) is 10.00. The number of rotatable bonds is 5. The highest BCUT2D eigenvalue weighted by Gasteiger charge is 2.47. The maximum absolute atomic E-state index is 6.25. The van der Waals surface area contributed by atoms with E-state index in [2.05, 4.69) is 65.3 Å². The molecule has 2 aromatic carbocycles. The second-order valence-electron chi connectivity index (χ2n) is 10.00. The summed E-state index contributed by atoms with van der Waals surface area (Å²) in [5.41, 5.74) is 6.78. The number of ether oxygens (including phenoxy) is 1. The van der Waals surface area contributed by atoms with Gasteiger partial charge in [0.15, 0.2) is 11.9 Å². The van der Waals surface area contributed by atoms with Gasteiger partial charge >= 0.3 is 0 Å². The molecule has 0 amide bonds. The monoisotopic (exact) mass is 468 g/mol. The lowest BCUT2D eigenvalue weighted by Gasteiger charge is -2.44. The Labute approximate surface area is 206 Å². The zero-order valence-corrected chi connectivity index (χ0v) is 20.6. The average Bonchev–Trinajstić information content (AvgIpc) is 3.63. The molecule has 0 N–H and O–H groups in total. The van der Waals surface area contributed by atoms with Gasteiger partial charge in [-0.1, -0.05) is 41.1 Å². The van der Waals surface area contributed by atoms with E-state index in [1.165, 1.54) is 29.5 Å². The molecule has 0 spiro atoms. The first-order valence-electron chi connectivity index (χ1n) is 12.6. The molecule has 3 heterocycles. The first-order valence-corrected chi connectivity index (χ1v) is 12.6. The number of oxime groups is 1. The number of hydrogen-bond donors (Lipinski definition) is 0. The van der Waals surface area contributed by atoms with Gasteiger partial charge in [0.2, 0.25) is 0 Å². The van der Waals surface area contributed by atoms with Gasteiger partial charge in [-0.25, -0.2) is 4.98 Å². The molecule has 2 aliphatic heterocycles. The van der Waals surface area contributed by atoms with Gasteiger partial charge in [0.25, 0.3) is 0 Å². The standard InChI is InChI=1S/C29H32N4O2/c1-19-6-9-23(10-7-19)28-27(22-11-12-22)33-14-4-5-24(29(33)31-35-28)15-21-8-13-25(26(16-21)34-3)32-17-20(2)30-18-32/h6-10,13,15-18,22,27-28H,4-5,11-12,14H2,1-3H3/b24-15+/t27-,28+/m0/s1. The highest BCUT2D eigenvalue weighted by molar-refractivity contribution is 6.03. The lowest BCUT2D eigenvalue weighted by Crippen LogP contribution is -2.51. The first kappa shape index (κ1) is 22.0. The number of imidazole rings is 1. The van der Waals surface area contributed by atoms with Gasteiger partial charge in [-0.05, 0) is 80.4 Å². The molecule has 2 fully saturated rings. The molecular weight excluding hydrogens is 436 g/mol. The smallest absolute Gasteiger partial charge is 0.173 e. The quantitative estimate of drug-likeness (QED) is 0.472. The van der Waals surface area contributed by atoms with Crippen molar-refractivity contribution >= 4 is 11.9 Å². The van der Waals surface area contributed by atoms with Crippen molar-refractivity contribution in [2.24, 2.45) is 11.1 Å². The minimum absolute atomic E-state index is 0.00999. The van der Waals surface area contributed by atoms with Crippen molar-refractivity contribution < 1.29 is 9.57 Å². The summed E-state index contributed by atoms with van der Waals surface area (Å²) in [7, 11) is 1.71. The summed E-state index contributed by atoms with van der Waals surface area (Å²) in [6, 6.07) is 15.4. The van der Waals surface area contributed by atoms with Crippen LogP contribution < -0.4 is 4.74 Å². The lowest BCUT2D eigenvalue weighted by molar-refractivity contribution is -0.0293. The normalized spacial score (nSPS) is 23.0. The summed E-state index contributed by atoms with van der Waals surface area (Å²) in [6.07, 6.45) is 10.7. The molecule has 0 unspecified atom stereocenters. The Morgan fingerprint density at radius 1 is 1.09 bits per heavy atom. The van der Waals surface area contributed by atoms with Gasteiger partial charge < -0.3 is 19.0 Å². The average molecular weight is 469 g/mol. The summed E-state index contributed by atoms with van der Waals surface area (Å²) in [5, 5.41) is 4.71. The van der Waals surface area contributed by atoms with Crippen LogP contribution in [0.25, 0.3) is 11.8 Å². The molecule has 2 atom stereocenters. The summed E-state index contributed by atoms with van der Waals surface area (Å²) < 4.78 is 7.73. The Hall–Kier alpha value is -3.54. The number of benzene rings is 2. The van der Waals surface area contributed by atoms with Crippen LogP contribution >= 0.6 is 0 Å². The predicted octanol–water partition coefficient (Wildman–Crippen LogP) is 5.84. The number of piperidine rings is 1. The van der Waals surface area contributed by atoms with Crippen molar-refractivity contribution in [3.8, 4) is 11.4 Å². The maximum atomic E-state index is 6.25. The highest BCUT2D eigenvalue weighted by atomic mass is 16.6. The summed E-state index contributed by atoms with van der Waals surface area (Å²) in [5.74, 6) is 2.50. The number of fused-ring (bicyclic) bond motifs is 1. The molecule has 0 radical (unpaired) electrons. The molecule has 1 aliphatic carbocycles. The third-order valence-corrected chi connectivity index (χ3v) is 7.37. The zero-order chi connectivity index (χ0) is 23.9. The molecule has 1 saturated heterocycles. The van der Waals surface area contributed by atoms with E-state index >= 15 is 0 Å². The molecule has 3 aromatic rings. The van der Waals surface area contributed by atoms with Crippen molar-refractivity contribution in [2.75, 3.05) is 13.7 Å². The molecule has 3 aliphatic rings. The molecule has 6 rings (SSSR count). The van der Waals surface area contributed by atoms with Gasteiger partial charge in [-0.3, -0.25) is 0 Å². The van der Waals surface area contributed by atoms with Crippen molar-refractivity contribution in [1.29, 1.82) is 0 Å². The molecule has 1 saturated carbocycles. The Bertz CT molecular complexity index is 1290. The molecule has 6 heteroatoms. The lowest BCUT2D eigenvalue weighted by atomic mass is 9.91. The van der Waals surface area contributed by atoms with E-state index in [1.807, 2.05) is 24.0 Å².